The van der Waals surface area contributed by atoms with Gasteiger partial charge in [0.25, 0.3) is 0 Å². The molecule has 1 fully saturated rings. The molecule has 0 aliphatic carbocycles. The molecule has 2 nitrogen and oxygen atoms in total. The summed E-state index contributed by atoms with van der Waals surface area (Å²) in [5.41, 5.74) is 10.4. The van der Waals surface area contributed by atoms with Crippen LogP contribution in [0.5, 0.6) is 0 Å². The Bertz CT molecular complexity index is 349. The zero-order chi connectivity index (χ0) is 12.3. The molecule has 0 spiro atoms. The Morgan fingerprint density at radius 1 is 1.18 bits per heavy atom. The molecule has 1 atom stereocenters. The first kappa shape index (κ1) is 12.6. The van der Waals surface area contributed by atoms with E-state index in [9.17, 15) is 0 Å². The number of rotatable bonds is 3. The van der Waals surface area contributed by atoms with Crippen LogP contribution in [0.3, 0.4) is 0 Å². The van der Waals surface area contributed by atoms with E-state index in [1.807, 2.05) is 0 Å². The highest BCUT2D eigenvalue weighted by Crippen LogP contribution is 2.21. The van der Waals surface area contributed by atoms with Crippen LogP contribution in [0.15, 0.2) is 18.2 Å². The molecule has 1 aliphatic rings. The third-order valence-corrected chi connectivity index (χ3v) is 3.62. The van der Waals surface area contributed by atoms with E-state index in [-0.39, 0.29) is 6.04 Å². The van der Waals surface area contributed by atoms with Gasteiger partial charge in [0.2, 0.25) is 0 Å². The van der Waals surface area contributed by atoms with Crippen molar-refractivity contribution >= 4 is 0 Å². The van der Waals surface area contributed by atoms with E-state index in [0.717, 1.165) is 32.5 Å². The van der Waals surface area contributed by atoms with Gasteiger partial charge >= 0.3 is 0 Å². The summed E-state index contributed by atoms with van der Waals surface area (Å²) < 4.78 is 5.38. The molecule has 2 rings (SSSR count). The van der Waals surface area contributed by atoms with Gasteiger partial charge in [-0.15, -0.1) is 0 Å². The summed E-state index contributed by atoms with van der Waals surface area (Å²) in [6.07, 6.45) is 3.23. The van der Waals surface area contributed by atoms with Crippen molar-refractivity contribution < 1.29 is 4.74 Å². The molecule has 0 aromatic heterocycles. The monoisotopic (exact) mass is 233 g/mol. The van der Waals surface area contributed by atoms with Crippen LogP contribution in [0.2, 0.25) is 0 Å². The third-order valence-electron chi connectivity index (χ3n) is 3.62. The van der Waals surface area contributed by atoms with E-state index in [1.165, 1.54) is 16.7 Å². The minimum Gasteiger partial charge on any atom is -0.381 e. The van der Waals surface area contributed by atoms with Gasteiger partial charge in [-0.05, 0) is 44.6 Å². The minimum absolute atomic E-state index is 0.278. The first-order valence-corrected chi connectivity index (χ1v) is 6.55. The average molecular weight is 233 g/mol. The van der Waals surface area contributed by atoms with Gasteiger partial charge < -0.3 is 10.5 Å². The molecule has 1 aromatic carbocycles. The first-order valence-electron chi connectivity index (χ1n) is 6.55. The Labute approximate surface area is 104 Å². The predicted octanol–water partition coefficient (Wildman–Crippen LogP) is 2.60. The van der Waals surface area contributed by atoms with Crippen LogP contribution in [-0.2, 0) is 11.2 Å². The lowest BCUT2D eigenvalue weighted by molar-refractivity contribution is 0.0585. The zero-order valence-corrected chi connectivity index (χ0v) is 10.9. The molecule has 2 N–H and O–H groups in total. The fourth-order valence-corrected chi connectivity index (χ4v) is 2.77. The van der Waals surface area contributed by atoms with Crippen molar-refractivity contribution in [2.24, 2.45) is 11.7 Å². The first-order chi connectivity index (χ1) is 8.15. The van der Waals surface area contributed by atoms with Crippen LogP contribution in [0.4, 0.5) is 0 Å². The van der Waals surface area contributed by atoms with Crippen LogP contribution < -0.4 is 5.73 Å². The Kier molecular flexibility index (Phi) is 4.19. The SMILES string of the molecule is Cc1cc(C)cc(CC(N)C2CCOCC2)c1. The molecule has 0 radical (unpaired) electrons. The molecule has 1 unspecified atom stereocenters. The lowest BCUT2D eigenvalue weighted by Crippen LogP contribution is -2.36. The Hall–Kier alpha value is -0.860. The van der Waals surface area contributed by atoms with Gasteiger partial charge in [-0.2, -0.15) is 0 Å². The van der Waals surface area contributed by atoms with Gasteiger partial charge in [-0.25, -0.2) is 0 Å². The average Bonchev–Trinajstić information content (AvgIpc) is 2.28. The number of ether oxygens (including phenoxy) is 1. The van der Waals surface area contributed by atoms with Crippen LogP contribution in [0.25, 0.3) is 0 Å². The van der Waals surface area contributed by atoms with Crippen LogP contribution in [0, 0.1) is 19.8 Å². The molecular weight excluding hydrogens is 210 g/mol. The van der Waals surface area contributed by atoms with E-state index < -0.39 is 0 Å². The number of hydrogen-bond donors (Lipinski definition) is 1. The summed E-state index contributed by atoms with van der Waals surface area (Å²) in [5.74, 6) is 0.629. The Balaban J connectivity index is 1.99. The molecule has 0 bridgehead atoms. The van der Waals surface area contributed by atoms with E-state index >= 15 is 0 Å². The van der Waals surface area contributed by atoms with Gasteiger partial charge in [0.15, 0.2) is 0 Å². The molecule has 0 amide bonds. The van der Waals surface area contributed by atoms with Gasteiger partial charge in [0.1, 0.15) is 0 Å². The summed E-state index contributed by atoms with van der Waals surface area (Å²) in [6, 6.07) is 7.00. The molecular formula is C15H23NO. The van der Waals surface area contributed by atoms with Crippen molar-refractivity contribution in [2.45, 2.75) is 39.2 Å². The van der Waals surface area contributed by atoms with Gasteiger partial charge in [-0.1, -0.05) is 29.3 Å². The summed E-state index contributed by atoms with van der Waals surface area (Å²) in [7, 11) is 0. The maximum atomic E-state index is 6.33. The highest BCUT2D eigenvalue weighted by Gasteiger charge is 2.21. The van der Waals surface area contributed by atoms with Crippen molar-refractivity contribution in [3.8, 4) is 0 Å². The highest BCUT2D eigenvalue weighted by atomic mass is 16.5. The van der Waals surface area contributed by atoms with E-state index in [1.54, 1.807) is 0 Å². The summed E-state index contributed by atoms with van der Waals surface area (Å²) in [6.45, 7) is 6.06. The molecule has 17 heavy (non-hydrogen) atoms. The van der Waals surface area contributed by atoms with Gasteiger partial charge in [0.05, 0.1) is 0 Å². The molecule has 94 valence electrons. The fourth-order valence-electron chi connectivity index (χ4n) is 2.77. The third kappa shape index (κ3) is 3.55. The summed E-state index contributed by atoms with van der Waals surface area (Å²) >= 11 is 0. The second-order valence-electron chi connectivity index (χ2n) is 5.31. The number of nitrogens with two attached hydrogens (primary N) is 1. The van der Waals surface area contributed by atoms with Gasteiger partial charge in [0, 0.05) is 19.3 Å². The highest BCUT2D eigenvalue weighted by molar-refractivity contribution is 5.29. The Morgan fingerprint density at radius 2 is 1.76 bits per heavy atom. The van der Waals surface area contributed by atoms with Gasteiger partial charge in [-0.3, -0.25) is 0 Å². The lowest BCUT2D eigenvalue weighted by Gasteiger charge is -2.27. The van der Waals surface area contributed by atoms with Crippen molar-refractivity contribution in [1.29, 1.82) is 0 Å². The van der Waals surface area contributed by atoms with Crippen LogP contribution in [0.1, 0.15) is 29.5 Å². The standard InChI is InChI=1S/C15H23NO/c1-11-7-12(2)9-13(8-11)10-15(16)14-3-5-17-6-4-14/h7-9,14-15H,3-6,10,16H2,1-2H3. The molecule has 1 aliphatic heterocycles. The van der Waals surface area contributed by atoms with Crippen molar-refractivity contribution in [3.63, 3.8) is 0 Å². The molecule has 0 saturated carbocycles. The van der Waals surface area contributed by atoms with E-state index in [2.05, 4.69) is 32.0 Å². The lowest BCUT2D eigenvalue weighted by atomic mass is 9.88. The molecule has 2 heteroatoms. The van der Waals surface area contributed by atoms with Crippen LogP contribution in [-0.4, -0.2) is 19.3 Å². The van der Waals surface area contributed by atoms with E-state index in [0.29, 0.717) is 5.92 Å². The number of hydrogen-bond acceptors (Lipinski definition) is 2. The number of benzene rings is 1. The summed E-state index contributed by atoms with van der Waals surface area (Å²) in [5, 5.41) is 0. The zero-order valence-electron chi connectivity index (χ0n) is 10.9. The molecule has 1 heterocycles. The Morgan fingerprint density at radius 3 is 2.35 bits per heavy atom. The quantitative estimate of drug-likeness (QED) is 0.871. The summed E-state index contributed by atoms with van der Waals surface area (Å²) in [4.78, 5) is 0. The number of aryl methyl sites for hydroxylation is 2. The second-order valence-corrected chi connectivity index (χ2v) is 5.31. The normalized spacial score (nSPS) is 19.2. The maximum Gasteiger partial charge on any atom is 0.0469 e. The molecule has 1 aromatic rings. The van der Waals surface area contributed by atoms with Crippen LogP contribution >= 0.6 is 0 Å². The largest absolute Gasteiger partial charge is 0.381 e. The topological polar surface area (TPSA) is 35.2 Å². The fraction of sp³-hybridized carbons (Fsp3) is 0.600. The minimum atomic E-state index is 0.278. The van der Waals surface area contributed by atoms with E-state index in [4.69, 9.17) is 10.5 Å². The molecule has 1 saturated heterocycles. The maximum absolute atomic E-state index is 6.33. The van der Waals surface area contributed by atoms with Crippen molar-refractivity contribution in [3.05, 3.63) is 34.9 Å². The van der Waals surface area contributed by atoms with Crippen molar-refractivity contribution in [1.82, 2.24) is 0 Å². The smallest absolute Gasteiger partial charge is 0.0469 e. The van der Waals surface area contributed by atoms with Crippen molar-refractivity contribution in [2.75, 3.05) is 13.2 Å². The predicted molar refractivity (Wildman–Crippen MR) is 71.1 cm³/mol. The second kappa shape index (κ2) is 5.65.